The fourth-order valence-electron chi connectivity index (χ4n) is 2.95. The molecule has 1 saturated heterocycles. The Morgan fingerprint density at radius 3 is 2.65 bits per heavy atom. The molecule has 7 heteroatoms. The molecule has 2 aromatic carbocycles. The van der Waals surface area contributed by atoms with Gasteiger partial charge < -0.3 is 15.2 Å². The van der Waals surface area contributed by atoms with Crippen LogP contribution in [0.4, 0.5) is 5.69 Å². The van der Waals surface area contributed by atoms with E-state index in [2.05, 4.69) is 5.32 Å². The number of amides is 1. The van der Waals surface area contributed by atoms with Gasteiger partial charge in [-0.05, 0) is 61.9 Å². The fourth-order valence-corrected chi connectivity index (χ4v) is 3.13. The largest absolute Gasteiger partial charge is 0.480 e. The van der Waals surface area contributed by atoms with Gasteiger partial charge in [-0.25, -0.2) is 0 Å². The smallest absolute Gasteiger partial charge is 0.320 e. The number of rotatable bonds is 6. The lowest BCUT2D eigenvalue weighted by Gasteiger charge is -2.20. The van der Waals surface area contributed by atoms with E-state index >= 15 is 0 Å². The molecule has 1 atom stereocenters. The van der Waals surface area contributed by atoms with E-state index in [0.717, 1.165) is 6.42 Å². The summed E-state index contributed by atoms with van der Waals surface area (Å²) in [4.78, 5) is 25.0. The van der Waals surface area contributed by atoms with Gasteiger partial charge in [0.25, 0.3) is 0 Å². The summed E-state index contributed by atoms with van der Waals surface area (Å²) in [6.45, 7) is 0.689. The maximum Gasteiger partial charge on any atom is 0.320 e. The molecule has 3 rings (SSSR count). The maximum absolute atomic E-state index is 12.2. The highest BCUT2D eigenvalue weighted by Gasteiger charge is 2.31. The summed E-state index contributed by atoms with van der Waals surface area (Å²) in [5.74, 6) is 0.137. The van der Waals surface area contributed by atoms with Crippen LogP contribution in [0, 0.1) is 0 Å². The molecule has 26 heavy (non-hydrogen) atoms. The molecular formula is C19H19ClN2O4. The number of carboxylic acid groups (broad SMARTS) is 1. The van der Waals surface area contributed by atoms with Crippen molar-refractivity contribution in [3.8, 4) is 11.5 Å². The molecule has 0 aliphatic carbocycles. The van der Waals surface area contributed by atoms with Crippen LogP contribution in [-0.4, -0.2) is 41.0 Å². The predicted molar refractivity (Wildman–Crippen MR) is 98.8 cm³/mol. The van der Waals surface area contributed by atoms with Crippen molar-refractivity contribution in [1.29, 1.82) is 0 Å². The quantitative estimate of drug-likeness (QED) is 0.807. The van der Waals surface area contributed by atoms with Crippen LogP contribution in [0.15, 0.2) is 48.5 Å². The SMILES string of the molecule is O=C(CN1CCCC1C(=O)O)Nc1ccc(Oc2cccc(Cl)c2)cc1. The molecule has 0 radical (unpaired) electrons. The second-order valence-electron chi connectivity index (χ2n) is 6.10. The third-order valence-corrected chi connectivity index (χ3v) is 4.40. The highest BCUT2D eigenvalue weighted by Crippen LogP contribution is 2.25. The molecule has 1 aliphatic rings. The zero-order valence-electron chi connectivity index (χ0n) is 14.0. The van der Waals surface area contributed by atoms with Crippen LogP contribution in [-0.2, 0) is 9.59 Å². The molecule has 2 N–H and O–H groups in total. The molecule has 0 saturated carbocycles. The Labute approximate surface area is 156 Å². The fraction of sp³-hybridized carbons (Fsp3) is 0.263. The van der Waals surface area contributed by atoms with E-state index in [0.29, 0.717) is 35.2 Å². The normalized spacial score (nSPS) is 17.0. The van der Waals surface area contributed by atoms with Crippen molar-refractivity contribution in [2.45, 2.75) is 18.9 Å². The molecule has 1 aliphatic heterocycles. The van der Waals surface area contributed by atoms with E-state index in [1.165, 1.54) is 0 Å². The van der Waals surface area contributed by atoms with Crippen molar-refractivity contribution in [3.05, 3.63) is 53.6 Å². The third-order valence-electron chi connectivity index (χ3n) is 4.17. The minimum Gasteiger partial charge on any atom is -0.480 e. The summed E-state index contributed by atoms with van der Waals surface area (Å²) >= 11 is 5.92. The van der Waals surface area contributed by atoms with E-state index in [1.54, 1.807) is 53.4 Å². The molecule has 136 valence electrons. The standard InChI is InChI=1S/C19H19ClN2O4/c20-13-3-1-4-16(11-13)26-15-8-6-14(7-9-15)21-18(23)12-22-10-2-5-17(22)19(24)25/h1,3-4,6-9,11,17H,2,5,10,12H2,(H,21,23)(H,24,25). The molecule has 1 amide bonds. The number of anilines is 1. The highest BCUT2D eigenvalue weighted by molar-refractivity contribution is 6.30. The summed E-state index contributed by atoms with van der Waals surface area (Å²) in [6.07, 6.45) is 1.37. The van der Waals surface area contributed by atoms with E-state index in [9.17, 15) is 9.59 Å². The van der Waals surface area contributed by atoms with E-state index in [1.807, 2.05) is 0 Å². The second kappa shape index (κ2) is 8.21. The topological polar surface area (TPSA) is 78.9 Å². The third kappa shape index (κ3) is 4.74. The van der Waals surface area contributed by atoms with Gasteiger partial charge >= 0.3 is 5.97 Å². The van der Waals surface area contributed by atoms with Gasteiger partial charge in [-0.3, -0.25) is 14.5 Å². The zero-order chi connectivity index (χ0) is 18.5. The van der Waals surface area contributed by atoms with Crippen molar-refractivity contribution in [1.82, 2.24) is 4.90 Å². The second-order valence-corrected chi connectivity index (χ2v) is 6.54. The molecule has 0 bridgehead atoms. The van der Waals surface area contributed by atoms with Crippen LogP contribution in [0.25, 0.3) is 0 Å². The lowest BCUT2D eigenvalue weighted by Crippen LogP contribution is -2.40. The van der Waals surface area contributed by atoms with Crippen LogP contribution >= 0.6 is 11.6 Å². The predicted octanol–water partition coefficient (Wildman–Crippen LogP) is 3.62. The van der Waals surface area contributed by atoms with Gasteiger partial charge in [0.1, 0.15) is 17.5 Å². The lowest BCUT2D eigenvalue weighted by molar-refractivity contribution is -0.142. The first-order valence-electron chi connectivity index (χ1n) is 8.31. The Hall–Kier alpha value is -2.57. The molecule has 1 unspecified atom stereocenters. The van der Waals surface area contributed by atoms with Gasteiger partial charge in [0, 0.05) is 10.7 Å². The minimum atomic E-state index is -0.877. The Morgan fingerprint density at radius 1 is 1.19 bits per heavy atom. The van der Waals surface area contributed by atoms with E-state index < -0.39 is 12.0 Å². The number of benzene rings is 2. The van der Waals surface area contributed by atoms with Gasteiger partial charge in [-0.1, -0.05) is 17.7 Å². The molecule has 6 nitrogen and oxygen atoms in total. The molecule has 2 aromatic rings. The average Bonchev–Trinajstić information content (AvgIpc) is 3.05. The number of carboxylic acids is 1. The van der Waals surface area contributed by atoms with E-state index in [-0.39, 0.29) is 12.5 Å². The van der Waals surface area contributed by atoms with Crippen molar-refractivity contribution < 1.29 is 19.4 Å². The van der Waals surface area contributed by atoms with Crippen molar-refractivity contribution >= 4 is 29.2 Å². The van der Waals surface area contributed by atoms with Gasteiger partial charge in [0.2, 0.25) is 5.91 Å². The summed E-state index contributed by atoms with van der Waals surface area (Å²) < 4.78 is 5.70. The monoisotopic (exact) mass is 374 g/mol. The van der Waals surface area contributed by atoms with Gasteiger partial charge in [-0.15, -0.1) is 0 Å². The van der Waals surface area contributed by atoms with Gasteiger partial charge in [-0.2, -0.15) is 0 Å². The summed E-state index contributed by atoms with van der Waals surface area (Å²) in [7, 11) is 0. The molecular weight excluding hydrogens is 356 g/mol. The summed E-state index contributed by atoms with van der Waals surface area (Å²) in [5, 5.41) is 12.5. The number of carbonyl (C=O) groups excluding carboxylic acids is 1. The number of carbonyl (C=O) groups is 2. The number of nitrogens with zero attached hydrogens (tertiary/aromatic N) is 1. The summed E-state index contributed by atoms with van der Waals surface area (Å²) in [6, 6.07) is 13.5. The number of hydrogen-bond donors (Lipinski definition) is 2. The maximum atomic E-state index is 12.2. The Kier molecular flexibility index (Phi) is 5.75. The van der Waals surface area contributed by atoms with Crippen molar-refractivity contribution in [2.75, 3.05) is 18.4 Å². The first-order chi connectivity index (χ1) is 12.5. The van der Waals surface area contributed by atoms with Crippen LogP contribution < -0.4 is 10.1 Å². The molecule has 0 spiro atoms. The lowest BCUT2D eigenvalue weighted by atomic mass is 10.2. The Morgan fingerprint density at radius 2 is 1.96 bits per heavy atom. The molecule has 1 fully saturated rings. The minimum absolute atomic E-state index is 0.0672. The van der Waals surface area contributed by atoms with Crippen LogP contribution in [0.3, 0.4) is 0 Å². The van der Waals surface area contributed by atoms with Crippen LogP contribution in [0.5, 0.6) is 11.5 Å². The van der Waals surface area contributed by atoms with Gasteiger partial charge in [0.15, 0.2) is 0 Å². The first kappa shape index (κ1) is 18.2. The molecule has 1 heterocycles. The highest BCUT2D eigenvalue weighted by atomic mass is 35.5. The average molecular weight is 375 g/mol. The van der Waals surface area contributed by atoms with Gasteiger partial charge in [0.05, 0.1) is 6.54 Å². The first-order valence-corrected chi connectivity index (χ1v) is 8.69. The van der Waals surface area contributed by atoms with Crippen molar-refractivity contribution in [3.63, 3.8) is 0 Å². The summed E-state index contributed by atoms with van der Waals surface area (Å²) in [5.41, 5.74) is 0.625. The number of hydrogen-bond acceptors (Lipinski definition) is 4. The van der Waals surface area contributed by atoms with Crippen molar-refractivity contribution in [2.24, 2.45) is 0 Å². The Balaban J connectivity index is 1.55. The molecule has 0 aromatic heterocycles. The Bertz CT molecular complexity index is 794. The van der Waals surface area contributed by atoms with E-state index in [4.69, 9.17) is 21.4 Å². The number of ether oxygens (including phenoxy) is 1. The van der Waals surface area contributed by atoms with Crippen LogP contribution in [0.1, 0.15) is 12.8 Å². The zero-order valence-corrected chi connectivity index (χ0v) is 14.8. The number of halogens is 1. The number of nitrogens with one attached hydrogen (secondary N) is 1. The number of aliphatic carboxylic acids is 1. The number of likely N-dealkylation sites (tertiary alicyclic amines) is 1. The van der Waals surface area contributed by atoms with Crippen LogP contribution in [0.2, 0.25) is 5.02 Å².